The minimum atomic E-state index is -0.200. The maximum absolute atomic E-state index is 13.8. The van der Waals surface area contributed by atoms with Crippen molar-refractivity contribution < 1.29 is 0 Å². The van der Waals surface area contributed by atoms with Crippen LogP contribution in [0.5, 0.6) is 0 Å². The summed E-state index contributed by atoms with van der Waals surface area (Å²) in [6, 6.07) is 4.00. The second kappa shape index (κ2) is 9.94. The Morgan fingerprint density at radius 1 is 1.11 bits per heavy atom. The van der Waals surface area contributed by atoms with Crippen LogP contribution in [-0.4, -0.2) is 40.2 Å². The van der Waals surface area contributed by atoms with Crippen molar-refractivity contribution >= 4 is 34.8 Å². The number of nitrogens with one attached hydrogen (secondary N) is 1. The van der Waals surface area contributed by atoms with Gasteiger partial charge in [-0.3, -0.25) is 14.3 Å². The lowest BCUT2D eigenvalue weighted by Gasteiger charge is -2.19. The predicted molar refractivity (Wildman–Crippen MR) is 149 cm³/mol. The van der Waals surface area contributed by atoms with E-state index in [1.807, 2.05) is 25.3 Å². The first kappa shape index (κ1) is 24.7. The smallest absolute Gasteiger partial charge is 0.295 e. The third kappa shape index (κ3) is 4.82. The molecule has 0 spiro atoms. The predicted octanol–water partition coefficient (Wildman–Crippen LogP) is 4.50. The lowest BCUT2D eigenvalue weighted by atomic mass is 10.1. The van der Waals surface area contributed by atoms with Gasteiger partial charge in [0.25, 0.3) is 5.56 Å². The Balaban J connectivity index is 1.41. The maximum Gasteiger partial charge on any atom is 0.295 e. The van der Waals surface area contributed by atoms with Gasteiger partial charge in [0.1, 0.15) is 0 Å². The molecule has 10 nitrogen and oxygen atoms in total. The van der Waals surface area contributed by atoms with Crippen molar-refractivity contribution in [2.24, 2.45) is 5.92 Å². The molecular weight excluding hydrogens is 498 g/mol. The Labute approximate surface area is 225 Å². The van der Waals surface area contributed by atoms with Gasteiger partial charge in [0.15, 0.2) is 17.1 Å². The molecular formula is C27H31N9OS. The second-order valence-electron chi connectivity index (χ2n) is 10.1. The van der Waals surface area contributed by atoms with Crippen LogP contribution in [0.1, 0.15) is 68.6 Å². The summed E-state index contributed by atoms with van der Waals surface area (Å²) in [5, 5.41) is 3.21. The van der Waals surface area contributed by atoms with Crippen molar-refractivity contribution in [1.29, 1.82) is 0 Å². The fraction of sp³-hybridized carbons (Fsp3) is 0.444. The second-order valence-corrected chi connectivity index (χ2v) is 11.4. The zero-order chi connectivity index (χ0) is 26.4. The number of hydrogen-bond acceptors (Lipinski definition) is 10. The first-order valence-corrected chi connectivity index (χ1v) is 14.2. The number of aryl methyl sites for hydroxylation is 1. The standard InChI is InChI=1S/C27H31N9OS/c1-4-38-19-10-9-18(29-12-19)11-30-24-26(37)36(15(3)16-5-6-16)25-23(35-24)31-13-20(33-25)21-14(2)32-27(28)34-22(21)17-7-8-17/h9-10,12-13,15-17H,4-8,11H2,1-3H3,(H2,28,32,34)(H,30,31,35). The van der Waals surface area contributed by atoms with E-state index in [0.29, 0.717) is 35.4 Å². The molecule has 4 aromatic rings. The Kier molecular flexibility index (Phi) is 6.46. The fourth-order valence-corrected chi connectivity index (χ4v) is 5.53. The van der Waals surface area contributed by atoms with E-state index in [2.05, 4.69) is 44.1 Å². The van der Waals surface area contributed by atoms with E-state index in [1.165, 1.54) is 0 Å². The van der Waals surface area contributed by atoms with Gasteiger partial charge in [0, 0.05) is 28.6 Å². The molecule has 0 amide bonds. The summed E-state index contributed by atoms with van der Waals surface area (Å²) in [7, 11) is 0. The normalized spacial score (nSPS) is 16.1. The van der Waals surface area contributed by atoms with Gasteiger partial charge in [0.05, 0.1) is 35.5 Å². The number of rotatable bonds is 9. The first-order valence-electron chi connectivity index (χ1n) is 13.2. The number of hydrogen-bond donors (Lipinski definition) is 2. The number of anilines is 2. The van der Waals surface area contributed by atoms with Crippen molar-refractivity contribution in [3.8, 4) is 11.3 Å². The zero-order valence-electron chi connectivity index (χ0n) is 21.8. The van der Waals surface area contributed by atoms with Crippen molar-refractivity contribution in [3.63, 3.8) is 0 Å². The Bertz CT molecular complexity index is 1560. The van der Waals surface area contributed by atoms with Gasteiger partial charge in [-0.25, -0.2) is 24.9 Å². The van der Waals surface area contributed by atoms with E-state index in [-0.39, 0.29) is 23.4 Å². The summed E-state index contributed by atoms with van der Waals surface area (Å²) in [4.78, 5) is 42.6. The average Bonchev–Trinajstić information content (AvgIpc) is 3.81. The summed E-state index contributed by atoms with van der Waals surface area (Å²) < 4.78 is 1.76. The van der Waals surface area contributed by atoms with E-state index < -0.39 is 0 Å². The summed E-state index contributed by atoms with van der Waals surface area (Å²) >= 11 is 1.74. The Hall–Kier alpha value is -3.60. The van der Waals surface area contributed by atoms with E-state index in [1.54, 1.807) is 22.5 Å². The molecule has 0 aromatic carbocycles. The highest BCUT2D eigenvalue weighted by Gasteiger charge is 2.33. The van der Waals surface area contributed by atoms with Crippen LogP contribution in [0.15, 0.2) is 34.2 Å². The molecule has 0 aliphatic heterocycles. The lowest BCUT2D eigenvalue weighted by molar-refractivity contribution is 0.482. The van der Waals surface area contributed by atoms with E-state index >= 15 is 0 Å². The van der Waals surface area contributed by atoms with E-state index in [0.717, 1.165) is 59.0 Å². The molecule has 2 aliphatic rings. The third-order valence-corrected chi connectivity index (χ3v) is 8.08. The van der Waals surface area contributed by atoms with E-state index in [4.69, 9.17) is 10.7 Å². The maximum atomic E-state index is 13.8. The molecule has 4 heterocycles. The molecule has 0 bridgehead atoms. The van der Waals surface area contributed by atoms with Gasteiger partial charge in [-0.1, -0.05) is 6.92 Å². The molecule has 0 radical (unpaired) electrons. The number of nitrogen functional groups attached to an aromatic ring is 1. The number of nitrogens with zero attached hydrogens (tertiary/aromatic N) is 7. The molecule has 1 unspecified atom stereocenters. The van der Waals surface area contributed by atoms with Crippen LogP contribution in [0.3, 0.4) is 0 Å². The molecule has 196 valence electrons. The van der Waals surface area contributed by atoms with Gasteiger partial charge in [-0.15, -0.1) is 11.8 Å². The summed E-state index contributed by atoms with van der Waals surface area (Å²) in [5.74, 6) is 2.31. The van der Waals surface area contributed by atoms with Crippen LogP contribution in [0.4, 0.5) is 11.8 Å². The zero-order valence-corrected chi connectivity index (χ0v) is 22.6. The molecule has 2 aliphatic carbocycles. The van der Waals surface area contributed by atoms with Crippen molar-refractivity contribution in [1.82, 2.24) is 34.5 Å². The van der Waals surface area contributed by atoms with Gasteiger partial charge >= 0.3 is 0 Å². The van der Waals surface area contributed by atoms with Crippen LogP contribution in [0.2, 0.25) is 0 Å². The molecule has 11 heteroatoms. The molecule has 6 rings (SSSR count). The van der Waals surface area contributed by atoms with Gasteiger partial charge in [-0.2, -0.15) is 0 Å². The summed E-state index contributed by atoms with van der Waals surface area (Å²) in [6.45, 7) is 6.50. The van der Waals surface area contributed by atoms with E-state index in [9.17, 15) is 4.79 Å². The van der Waals surface area contributed by atoms with Gasteiger partial charge in [-0.05, 0) is 63.3 Å². The number of nitrogens with two attached hydrogens (primary N) is 1. The molecule has 0 saturated heterocycles. The number of pyridine rings is 1. The lowest BCUT2D eigenvalue weighted by Crippen LogP contribution is -2.29. The highest BCUT2D eigenvalue weighted by molar-refractivity contribution is 7.99. The summed E-state index contributed by atoms with van der Waals surface area (Å²) in [6.07, 6.45) is 7.89. The van der Waals surface area contributed by atoms with Crippen LogP contribution in [-0.2, 0) is 6.54 Å². The molecule has 2 fully saturated rings. The molecule has 4 aromatic heterocycles. The third-order valence-electron chi connectivity index (χ3n) is 7.22. The summed E-state index contributed by atoms with van der Waals surface area (Å²) in [5.41, 5.74) is 10.7. The van der Waals surface area contributed by atoms with Crippen molar-refractivity contribution in [3.05, 3.63) is 52.0 Å². The Morgan fingerprint density at radius 2 is 1.92 bits per heavy atom. The van der Waals surface area contributed by atoms with Gasteiger partial charge < -0.3 is 11.1 Å². The SMILES string of the molecule is CCSc1ccc(CNc2nc3ncc(-c4c(C)nc(N)nc4C4CC4)nc3n(C(C)C3CC3)c2=O)nc1. The van der Waals surface area contributed by atoms with Crippen LogP contribution in [0.25, 0.3) is 22.6 Å². The van der Waals surface area contributed by atoms with Gasteiger partial charge in [0.2, 0.25) is 5.95 Å². The van der Waals surface area contributed by atoms with Crippen molar-refractivity contribution in [2.75, 3.05) is 16.8 Å². The monoisotopic (exact) mass is 529 g/mol. The van der Waals surface area contributed by atoms with Crippen molar-refractivity contribution in [2.45, 2.75) is 69.9 Å². The first-order chi connectivity index (χ1) is 18.4. The number of thioether (sulfide) groups is 1. The highest BCUT2D eigenvalue weighted by atomic mass is 32.2. The molecule has 2 saturated carbocycles. The van der Waals surface area contributed by atoms with Crippen LogP contribution < -0.4 is 16.6 Å². The number of aromatic nitrogens is 7. The molecule has 1 atom stereocenters. The quantitative estimate of drug-likeness (QED) is 0.298. The highest BCUT2D eigenvalue weighted by Crippen LogP contribution is 2.44. The Morgan fingerprint density at radius 3 is 2.61 bits per heavy atom. The average molecular weight is 530 g/mol. The van der Waals surface area contributed by atoms with Crippen LogP contribution >= 0.6 is 11.8 Å². The minimum absolute atomic E-state index is 0.0201. The number of fused-ring (bicyclic) bond motifs is 1. The minimum Gasteiger partial charge on any atom is -0.368 e. The van der Waals surface area contributed by atoms with Crippen LogP contribution in [0, 0.1) is 12.8 Å². The largest absolute Gasteiger partial charge is 0.368 e. The molecule has 3 N–H and O–H groups in total. The topological polar surface area (TPSA) is 137 Å². The molecule has 38 heavy (non-hydrogen) atoms. The fourth-order valence-electron chi connectivity index (χ4n) is 4.91.